The molecule has 0 unspecified atom stereocenters. The zero-order valence-corrected chi connectivity index (χ0v) is 17.8. The van der Waals surface area contributed by atoms with Crippen molar-refractivity contribution >= 4 is 88.1 Å². The second-order valence-electron chi connectivity index (χ2n) is 0. The van der Waals surface area contributed by atoms with Gasteiger partial charge in [-0.25, -0.2) is 0 Å². The molecular weight excluding hydrogens is 557 g/mol. The molecule has 7 heteroatoms. The van der Waals surface area contributed by atoms with E-state index in [-0.39, 0.29) is 169 Å². The van der Waals surface area contributed by atoms with Crippen LogP contribution in [0.25, 0.3) is 0 Å². The topological polar surface area (TPSA) is 0 Å². The zero-order chi connectivity index (χ0) is 0. The van der Waals surface area contributed by atoms with Gasteiger partial charge in [0.1, 0.15) is 0 Å². The average Bonchev–Trinajstić information content (AvgIpc) is 0. The Morgan fingerprint density at radius 1 is 1.00 bits per heavy atom. The van der Waals surface area contributed by atoms with Crippen molar-refractivity contribution in [3.8, 4) is 0 Å². The van der Waals surface area contributed by atoms with Crippen LogP contribution in [0.2, 0.25) is 0 Å². The van der Waals surface area contributed by atoms with Crippen LogP contribution in [0.5, 0.6) is 0 Å². The van der Waals surface area contributed by atoms with Crippen molar-refractivity contribution in [2.75, 3.05) is 0 Å². The summed E-state index contributed by atoms with van der Waals surface area (Å²) in [5.74, 6) is 0. The fourth-order valence-electron chi connectivity index (χ4n) is 0. The van der Waals surface area contributed by atoms with Crippen LogP contribution < -0.4 is 0 Å². The molecule has 0 spiro atoms. The standard InChI is InChI=1S/Ca.Cd.Cr.Fe.Mg.Pb.Zn.6H. The predicted molar refractivity (Wildman–Crippen MR) is 25.6 cm³/mol. The van der Waals surface area contributed by atoms with E-state index in [0.717, 1.165) is 0 Å². The minimum absolute atomic E-state index is 0. The molecule has 0 atom stereocenters. The predicted octanol–water partition coefficient (Wildman–Crippen LogP) is -2.76. The van der Waals surface area contributed by atoms with Crippen molar-refractivity contribution in [2.24, 2.45) is 0 Å². The van der Waals surface area contributed by atoms with Crippen molar-refractivity contribution in [3.05, 3.63) is 0 Å². The average molecular weight is 563 g/mol. The van der Waals surface area contributed by atoms with Gasteiger partial charge in [0.15, 0.2) is 0 Å². The molecule has 0 aromatic heterocycles. The van der Waals surface area contributed by atoms with Gasteiger partial charge in [0.25, 0.3) is 0 Å². The van der Waals surface area contributed by atoms with Gasteiger partial charge in [0, 0.05) is 81.2 Å². The van der Waals surface area contributed by atoms with Gasteiger partial charge in [-0.15, -0.1) is 0 Å². The first-order chi connectivity index (χ1) is 0. The van der Waals surface area contributed by atoms with Crippen molar-refractivity contribution in [1.82, 2.24) is 0 Å². The Bertz CT molecular complexity index is 19.7. The summed E-state index contributed by atoms with van der Waals surface area (Å²) in [5.41, 5.74) is 0. The molecule has 0 saturated carbocycles. The van der Waals surface area contributed by atoms with Crippen LogP contribution in [-0.4, -0.2) is 88.1 Å². The number of rotatable bonds is 0. The van der Waals surface area contributed by atoms with Crippen molar-refractivity contribution < 1.29 is 81.2 Å². The second kappa shape index (κ2) is 41.8. The molecule has 0 bridgehead atoms. The molecule has 0 rings (SSSR count). The Hall–Kier alpha value is 5.55. The summed E-state index contributed by atoms with van der Waals surface area (Å²) in [5, 5.41) is 0. The summed E-state index contributed by atoms with van der Waals surface area (Å²) < 4.78 is 0. The molecular formula is H6CaCdCrFeMgPbZn. The minimum Gasteiger partial charge on any atom is 0 e. The molecule has 0 heterocycles. The largest absolute Gasteiger partial charge is 0 e. The summed E-state index contributed by atoms with van der Waals surface area (Å²) in [7, 11) is 0. The smallest absolute Gasteiger partial charge is 0 e. The molecule has 0 aliphatic carbocycles. The van der Waals surface area contributed by atoms with Gasteiger partial charge in [-0.2, -0.15) is 0 Å². The van der Waals surface area contributed by atoms with Crippen molar-refractivity contribution in [1.29, 1.82) is 0 Å². The van der Waals surface area contributed by atoms with Gasteiger partial charge >= 0.3 is 88.1 Å². The maximum absolute atomic E-state index is 0. The number of hydrogen-bond donors (Lipinski definition) is 0. The van der Waals surface area contributed by atoms with E-state index in [2.05, 4.69) is 0 Å². The summed E-state index contributed by atoms with van der Waals surface area (Å²) in [6.07, 6.45) is 0. The Balaban J connectivity index is 0. The Labute approximate surface area is 165 Å². The molecule has 0 aromatic rings. The van der Waals surface area contributed by atoms with Crippen LogP contribution in [0.1, 0.15) is 0 Å². The van der Waals surface area contributed by atoms with E-state index in [0.29, 0.717) is 0 Å². The van der Waals surface area contributed by atoms with E-state index in [1.54, 1.807) is 0 Å². The molecule has 32 valence electrons. The van der Waals surface area contributed by atoms with Crippen LogP contribution in [0, 0.1) is 0 Å². The summed E-state index contributed by atoms with van der Waals surface area (Å²) >= 11 is 0. The van der Waals surface area contributed by atoms with Gasteiger partial charge in [-0.1, -0.05) is 0 Å². The van der Waals surface area contributed by atoms with Crippen molar-refractivity contribution in [2.45, 2.75) is 0 Å². The van der Waals surface area contributed by atoms with E-state index in [1.165, 1.54) is 0 Å². The third-order valence-electron chi connectivity index (χ3n) is 0. The first-order valence-corrected chi connectivity index (χ1v) is 0. The fraction of sp³-hybridized carbons (Fsp3) is 0. The Morgan fingerprint density at radius 3 is 1.00 bits per heavy atom. The molecule has 0 nitrogen and oxygen atoms in total. The van der Waals surface area contributed by atoms with Gasteiger partial charge in [-0.3, -0.25) is 0 Å². The van der Waals surface area contributed by atoms with E-state index >= 15 is 0 Å². The molecule has 7 heavy (non-hydrogen) atoms. The monoisotopic (exact) mass is 564 g/mol. The van der Waals surface area contributed by atoms with E-state index in [4.69, 9.17) is 0 Å². The maximum atomic E-state index is 0. The number of hydrogen-bond acceptors (Lipinski definition) is 0. The third kappa shape index (κ3) is 34.2. The molecule has 0 aromatic carbocycles. The van der Waals surface area contributed by atoms with Crippen LogP contribution in [0.3, 0.4) is 0 Å². The minimum atomic E-state index is 0. The molecule has 2 radical (unpaired) electrons. The maximum Gasteiger partial charge on any atom is 0 e. The first-order valence-electron chi connectivity index (χ1n) is 0. The summed E-state index contributed by atoms with van der Waals surface area (Å²) in [6.45, 7) is 0. The molecule has 0 N–H and O–H groups in total. The normalized spacial score (nSPS) is 0. The zero-order valence-electron chi connectivity index (χ0n) is 2.88. The Kier molecular flexibility index (Phi) is 324. The van der Waals surface area contributed by atoms with Gasteiger partial charge in [0.2, 0.25) is 0 Å². The summed E-state index contributed by atoms with van der Waals surface area (Å²) in [6, 6.07) is 0. The van der Waals surface area contributed by atoms with E-state index in [1.807, 2.05) is 0 Å². The van der Waals surface area contributed by atoms with Gasteiger partial charge in [0.05, 0.1) is 0 Å². The van der Waals surface area contributed by atoms with Crippen LogP contribution in [0.4, 0.5) is 0 Å². The molecule has 0 aliphatic rings. The quantitative estimate of drug-likeness (QED) is 0.281. The molecule has 0 aliphatic heterocycles. The van der Waals surface area contributed by atoms with Gasteiger partial charge in [-0.05, 0) is 0 Å². The van der Waals surface area contributed by atoms with E-state index < -0.39 is 0 Å². The van der Waals surface area contributed by atoms with Crippen LogP contribution >= 0.6 is 0 Å². The second-order valence-corrected chi connectivity index (χ2v) is 0. The Morgan fingerprint density at radius 2 is 1.00 bits per heavy atom. The summed E-state index contributed by atoms with van der Waals surface area (Å²) in [4.78, 5) is 0. The first kappa shape index (κ1) is 54.4. The van der Waals surface area contributed by atoms with Crippen LogP contribution in [-0.2, 0) is 81.2 Å². The SMILES string of the molecule is [CaH2].[Cd].[Cr].[Fe].[MgH2].[PbH2].[Zn]. The third-order valence-corrected chi connectivity index (χ3v) is 0. The molecule has 0 fully saturated rings. The van der Waals surface area contributed by atoms with Crippen molar-refractivity contribution in [3.63, 3.8) is 0 Å². The van der Waals surface area contributed by atoms with Gasteiger partial charge < -0.3 is 0 Å². The van der Waals surface area contributed by atoms with E-state index in [9.17, 15) is 0 Å². The molecule has 0 saturated heterocycles. The molecule has 0 amide bonds. The fourth-order valence-corrected chi connectivity index (χ4v) is 0. The van der Waals surface area contributed by atoms with Crippen LogP contribution in [0.15, 0.2) is 0 Å².